The Bertz CT molecular complexity index is 682. The summed E-state index contributed by atoms with van der Waals surface area (Å²) in [5, 5.41) is 0. The molecule has 2 rings (SSSR count). The third-order valence-electron chi connectivity index (χ3n) is 4.41. The highest BCUT2D eigenvalue weighted by Gasteiger charge is 2.12. The molecule has 0 radical (unpaired) electrons. The Morgan fingerprint density at radius 1 is 0.889 bits per heavy atom. The molecule has 0 fully saturated rings. The summed E-state index contributed by atoms with van der Waals surface area (Å²) in [4.78, 5) is 12.1. The number of para-hydroxylation sites is 2. The lowest BCUT2D eigenvalue weighted by atomic mass is 10.1. The summed E-state index contributed by atoms with van der Waals surface area (Å²) in [6.45, 7) is 2.79. The molecule has 0 bridgehead atoms. The van der Waals surface area contributed by atoms with Gasteiger partial charge in [0.1, 0.15) is 5.75 Å². The first kappa shape index (κ1) is 20.8. The fourth-order valence-electron chi connectivity index (χ4n) is 2.93. The van der Waals surface area contributed by atoms with Gasteiger partial charge in [-0.1, -0.05) is 56.5 Å². The van der Waals surface area contributed by atoms with Gasteiger partial charge in [0.2, 0.25) is 0 Å². The maximum absolute atomic E-state index is 12.1. The number of carbonyl (C=O) groups is 1. The van der Waals surface area contributed by atoms with Gasteiger partial charge in [-0.25, -0.2) is 0 Å². The lowest BCUT2D eigenvalue weighted by molar-refractivity contribution is -0.134. The number of benzene rings is 2. The Hall–Kier alpha value is -2.49. The van der Waals surface area contributed by atoms with E-state index in [1.54, 1.807) is 13.2 Å². The molecule has 0 aliphatic carbocycles. The zero-order chi connectivity index (χ0) is 19.3. The van der Waals surface area contributed by atoms with Gasteiger partial charge in [-0.3, -0.25) is 4.79 Å². The quantitative estimate of drug-likeness (QED) is 0.278. The fraction of sp³-hybridized carbons (Fsp3) is 0.435. The number of methoxy groups -OCH3 is 1. The van der Waals surface area contributed by atoms with Crippen molar-refractivity contribution in [3.63, 3.8) is 0 Å². The molecule has 0 aliphatic heterocycles. The summed E-state index contributed by atoms with van der Waals surface area (Å²) >= 11 is 0. The van der Waals surface area contributed by atoms with E-state index in [4.69, 9.17) is 14.2 Å². The molecule has 0 atom stereocenters. The number of hydrogen-bond donors (Lipinski definition) is 0. The first-order valence-corrected chi connectivity index (χ1v) is 9.79. The number of ether oxygens (including phenoxy) is 3. The van der Waals surface area contributed by atoms with Crippen LogP contribution in [0, 0.1) is 0 Å². The molecule has 0 N–H and O–H groups in total. The van der Waals surface area contributed by atoms with E-state index < -0.39 is 0 Å². The maximum atomic E-state index is 12.1. The number of rotatable bonds is 12. The minimum absolute atomic E-state index is 0.200. The van der Waals surface area contributed by atoms with Crippen LogP contribution in [0.15, 0.2) is 48.5 Å². The molecule has 146 valence electrons. The Kier molecular flexibility index (Phi) is 9.25. The van der Waals surface area contributed by atoms with E-state index in [1.165, 1.54) is 0 Å². The second-order valence-corrected chi connectivity index (χ2v) is 6.46. The highest BCUT2D eigenvalue weighted by Crippen LogP contribution is 2.31. The molecule has 0 unspecified atom stereocenters. The monoisotopic (exact) mass is 370 g/mol. The molecule has 2 aromatic carbocycles. The largest absolute Gasteiger partial charge is 0.494 e. The zero-order valence-electron chi connectivity index (χ0n) is 16.4. The van der Waals surface area contributed by atoms with Gasteiger partial charge in [0.15, 0.2) is 11.5 Å². The van der Waals surface area contributed by atoms with Crippen molar-refractivity contribution in [1.82, 2.24) is 0 Å². The lowest BCUT2D eigenvalue weighted by Gasteiger charge is -2.12. The van der Waals surface area contributed by atoms with Gasteiger partial charge in [0.25, 0.3) is 0 Å². The summed E-state index contributed by atoms with van der Waals surface area (Å²) in [6.07, 6.45) is 6.36. The predicted octanol–water partition coefficient (Wildman–Crippen LogP) is 5.58. The van der Waals surface area contributed by atoms with Gasteiger partial charge in [-0.2, -0.15) is 0 Å². The van der Waals surface area contributed by atoms with Crippen molar-refractivity contribution in [3.8, 4) is 17.2 Å². The second-order valence-electron chi connectivity index (χ2n) is 6.46. The number of hydrogen-bond acceptors (Lipinski definition) is 4. The van der Waals surface area contributed by atoms with E-state index >= 15 is 0 Å². The standard InChI is InChI=1S/C23H30O4/c1-3-19-13-12-16-21(23(19)25-2)27-22(24)17-10-5-4-6-11-18-26-20-14-8-7-9-15-20/h7-9,12-16H,3-6,10-11,17-18H2,1-2H3. The maximum Gasteiger partial charge on any atom is 0.311 e. The van der Waals surface area contributed by atoms with Crippen LogP contribution in [0.1, 0.15) is 51.0 Å². The molecule has 0 spiro atoms. The summed E-state index contributed by atoms with van der Waals surface area (Å²) in [6, 6.07) is 15.5. The molecule has 0 saturated carbocycles. The van der Waals surface area contributed by atoms with E-state index in [2.05, 4.69) is 0 Å². The summed E-state index contributed by atoms with van der Waals surface area (Å²) in [5.41, 5.74) is 1.04. The molecular formula is C23H30O4. The minimum atomic E-state index is -0.200. The second kappa shape index (κ2) is 12.0. The first-order chi connectivity index (χ1) is 13.2. The van der Waals surface area contributed by atoms with Gasteiger partial charge in [0, 0.05) is 6.42 Å². The molecule has 0 heterocycles. The van der Waals surface area contributed by atoms with Crippen LogP contribution < -0.4 is 14.2 Å². The summed E-state index contributed by atoms with van der Waals surface area (Å²) in [7, 11) is 1.60. The molecule has 4 nitrogen and oxygen atoms in total. The van der Waals surface area contributed by atoms with Crippen molar-refractivity contribution >= 4 is 5.97 Å². The molecule has 0 saturated heterocycles. The van der Waals surface area contributed by atoms with E-state index in [0.29, 0.717) is 17.9 Å². The van der Waals surface area contributed by atoms with E-state index in [0.717, 1.165) is 56.4 Å². The SMILES string of the molecule is CCc1cccc(OC(=O)CCCCCCCOc2ccccc2)c1OC. The first-order valence-electron chi connectivity index (χ1n) is 9.79. The van der Waals surface area contributed by atoms with Crippen LogP contribution in [0.3, 0.4) is 0 Å². The Labute approximate surface area is 162 Å². The Balaban J connectivity index is 1.57. The molecule has 4 heteroatoms. The third kappa shape index (κ3) is 7.33. The van der Waals surface area contributed by atoms with Crippen molar-refractivity contribution in [1.29, 1.82) is 0 Å². The van der Waals surface area contributed by atoms with Crippen LogP contribution in [0.25, 0.3) is 0 Å². The molecule has 0 aliphatic rings. The normalized spacial score (nSPS) is 10.4. The van der Waals surface area contributed by atoms with Crippen molar-refractivity contribution in [2.75, 3.05) is 13.7 Å². The Morgan fingerprint density at radius 2 is 1.63 bits per heavy atom. The molecule has 2 aromatic rings. The molecule has 0 amide bonds. The minimum Gasteiger partial charge on any atom is -0.494 e. The third-order valence-corrected chi connectivity index (χ3v) is 4.41. The van der Waals surface area contributed by atoms with Crippen LogP contribution in [-0.2, 0) is 11.2 Å². The van der Waals surface area contributed by atoms with E-state index in [-0.39, 0.29) is 5.97 Å². The van der Waals surface area contributed by atoms with Gasteiger partial charge in [-0.15, -0.1) is 0 Å². The van der Waals surface area contributed by atoms with Crippen molar-refractivity contribution in [2.24, 2.45) is 0 Å². The number of carbonyl (C=O) groups excluding carboxylic acids is 1. The number of unbranched alkanes of at least 4 members (excludes halogenated alkanes) is 4. The van der Waals surface area contributed by atoms with Gasteiger partial charge in [0.05, 0.1) is 13.7 Å². The molecule has 0 aromatic heterocycles. The fourth-order valence-corrected chi connectivity index (χ4v) is 2.93. The van der Waals surface area contributed by atoms with Gasteiger partial charge in [-0.05, 0) is 43.0 Å². The van der Waals surface area contributed by atoms with E-state index in [9.17, 15) is 4.79 Å². The van der Waals surface area contributed by atoms with Crippen molar-refractivity contribution in [3.05, 3.63) is 54.1 Å². The highest BCUT2D eigenvalue weighted by molar-refractivity contribution is 5.73. The topological polar surface area (TPSA) is 44.8 Å². The summed E-state index contributed by atoms with van der Waals surface area (Å²) < 4.78 is 16.6. The van der Waals surface area contributed by atoms with Gasteiger partial charge < -0.3 is 14.2 Å². The molecule has 27 heavy (non-hydrogen) atoms. The van der Waals surface area contributed by atoms with Crippen LogP contribution >= 0.6 is 0 Å². The lowest BCUT2D eigenvalue weighted by Crippen LogP contribution is -2.09. The average molecular weight is 370 g/mol. The van der Waals surface area contributed by atoms with Crippen molar-refractivity contribution in [2.45, 2.75) is 51.9 Å². The van der Waals surface area contributed by atoms with Crippen LogP contribution in [0.4, 0.5) is 0 Å². The van der Waals surface area contributed by atoms with Crippen LogP contribution in [0.2, 0.25) is 0 Å². The highest BCUT2D eigenvalue weighted by atomic mass is 16.6. The van der Waals surface area contributed by atoms with Crippen molar-refractivity contribution < 1.29 is 19.0 Å². The average Bonchev–Trinajstić information content (AvgIpc) is 2.70. The number of esters is 1. The van der Waals surface area contributed by atoms with Crippen LogP contribution in [-0.4, -0.2) is 19.7 Å². The number of aryl methyl sites for hydroxylation is 1. The Morgan fingerprint density at radius 3 is 2.37 bits per heavy atom. The smallest absolute Gasteiger partial charge is 0.311 e. The summed E-state index contributed by atoms with van der Waals surface area (Å²) in [5.74, 6) is 1.89. The van der Waals surface area contributed by atoms with E-state index in [1.807, 2.05) is 49.4 Å². The zero-order valence-corrected chi connectivity index (χ0v) is 16.4. The molecular weight excluding hydrogens is 340 g/mol. The predicted molar refractivity (Wildman–Crippen MR) is 108 cm³/mol. The van der Waals surface area contributed by atoms with Crippen LogP contribution in [0.5, 0.6) is 17.2 Å². The van der Waals surface area contributed by atoms with Gasteiger partial charge >= 0.3 is 5.97 Å².